The highest BCUT2D eigenvalue weighted by atomic mass is 19.1. The lowest BCUT2D eigenvalue weighted by Crippen LogP contribution is -2.07. The van der Waals surface area contributed by atoms with Crippen LogP contribution in [-0.4, -0.2) is 25.1 Å². The third-order valence-electron chi connectivity index (χ3n) is 3.32. The average molecular weight is 334 g/mol. The summed E-state index contributed by atoms with van der Waals surface area (Å²) >= 11 is 0. The van der Waals surface area contributed by atoms with Gasteiger partial charge in [0.15, 0.2) is 5.82 Å². The van der Waals surface area contributed by atoms with Crippen LogP contribution in [0.25, 0.3) is 0 Å². The molecule has 0 fully saturated rings. The first-order valence-corrected chi connectivity index (χ1v) is 6.89. The molecular weight excluding hydrogens is 319 g/mol. The first-order chi connectivity index (χ1) is 11.5. The van der Waals surface area contributed by atoms with Crippen LogP contribution in [0.2, 0.25) is 0 Å². The smallest absolute Gasteiger partial charge is 0.341 e. The van der Waals surface area contributed by atoms with Crippen molar-refractivity contribution >= 4 is 17.3 Å². The summed E-state index contributed by atoms with van der Waals surface area (Å²) in [6.07, 6.45) is 0. The first-order valence-electron chi connectivity index (χ1n) is 6.89. The lowest BCUT2D eigenvalue weighted by atomic mass is 10.1. The van der Waals surface area contributed by atoms with Crippen molar-refractivity contribution in [3.8, 4) is 5.75 Å². The van der Waals surface area contributed by atoms with Crippen LogP contribution in [0.4, 0.5) is 15.8 Å². The predicted octanol–water partition coefficient (Wildman–Crippen LogP) is 3.14. The summed E-state index contributed by atoms with van der Waals surface area (Å²) in [4.78, 5) is 21.7. The van der Waals surface area contributed by atoms with Gasteiger partial charge in [-0.05, 0) is 23.8 Å². The molecule has 0 unspecified atom stereocenters. The fraction of sp³-hybridized carbons (Fsp3) is 0.188. The molecule has 0 aliphatic rings. The number of nitrogens with zero attached hydrogens (tertiary/aromatic N) is 1. The highest BCUT2D eigenvalue weighted by Gasteiger charge is 2.14. The molecule has 0 atom stereocenters. The molecule has 0 saturated heterocycles. The number of carbonyl (C=O) groups excluding carboxylic acids is 1. The van der Waals surface area contributed by atoms with Crippen molar-refractivity contribution < 1.29 is 23.6 Å². The zero-order valence-corrected chi connectivity index (χ0v) is 13.0. The Kier molecular flexibility index (Phi) is 5.31. The van der Waals surface area contributed by atoms with Crippen LogP contribution in [-0.2, 0) is 11.3 Å². The van der Waals surface area contributed by atoms with Gasteiger partial charge in [-0.2, -0.15) is 0 Å². The van der Waals surface area contributed by atoms with Crippen LogP contribution in [0.15, 0.2) is 36.4 Å². The SMILES string of the molecule is COC(=O)c1cc(CNc2ccc([N+](=O)[O-])cc2F)ccc1OC. The first kappa shape index (κ1) is 17.2. The molecule has 126 valence electrons. The number of non-ortho nitro benzene ring substituents is 1. The number of rotatable bonds is 6. The summed E-state index contributed by atoms with van der Waals surface area (Å²) < 4.78 is 23.6. The van der Waals surface area contributed by atoms with E-state index in [9.17, 15) is 19.3 Å². The van der Waals surface area contributed by atoms with Gasteiger partial charge in [0, 0.05) is 12.6 Å². The molecule has 2 rings (SSSR count). The number of nitro benzene ring substituents is 1. The van der Waals surface area contributed by atoms with Crippen LogP contribution in [0.3, 0.4) is 0 Å². The van der Waals surface area contributed by atoms with Gasteiger partial charge in [0.1, 0.15) is 11.3 Å². The van der Waals surface area contributed by atoms with Gasteiger partial charge >= 0.3 is 5.97 Å². The molecule has 2 aromatic rings. The fourth-order valence-electron chi connectivity index (χ4n) is 2.09. The van der Waals surface area contributed by atoms with Gasteiger partial charge in [-0.15, -0.1) is 0 Å². The van der Waals surface area contributed by atoms with Crippen LogP contribution in [0, 0.1) is 15.9 Å². The lowest BCUT2D eigenvalue weighted by molar-refractivity contribution is -0.385. The number of nitrogens with one attached hydrogen (secondary N) is 1. The largest absolute Gasteiger partial charge is 0.496 e. The Morgan fingerprint density at radius 3 is 2.58 bits per heavy atom. The number of hydrogen-bond donors (Lipinski definition) is 1. The average Bonchev–Trinajstić information content (AvgIpc) is 2.59. The minimum Gasteiger partial charge on any atom is -0.496 e. The van der Waals surface area contributed by atoms with Gasteiger partial charge < -0.3 is 14.8 Å². The Labute approximate surface area is 137 Å². The molecule has 7 nitrogen and oxygen atoms in total. The molecule has 8 heteroatoms. The van der Waals surface area contributed by atoms with E-state index in [1.54, 1.807) is 18.2 Å². The van der Waals surface area contributed by atoms with E-state index < -0.39 is 16.7 Å². The summed E-state index contributed by atoms with van der Waals surface area (Å²) in [7, 11) is 2.70. The number of esters is 1. The molecular formula is C16H15FN2O5. The second kappa shape index (κ2) is 7.40. The maximum absolute atomic E-state index is 13.8. The maximum atomic E-state index is 13.8. The Balaban J connectivity index is 2.17. The Morgan fingerprint density at radius 1 is 1.25 bits per heavy atom. The van der Waals surface area contributed by atoms with Crippen molar-refractivity contribution in [1.29, 1.82) is 0 Å². The van der Waals surface area contributed by atoms with Gasteiger partial charge in [0.25, 0.3) is 5.69 Å². The van der Waals surface area contributed by atoms with E-state index in [1.807, 2.05) is 0 Å². The number of nitro groups is 1. The van der Waals surface area contributed by atoms with Crippen molar-refractivity contribution in [2.75, 3.05) is 19.5 Å². The second-order valence-electron chi connectivity index (χ2n) is 4.80. The number of halogens is 1. The second-order valence-corrected chi connectivity index (χ2v) is 4.80. The zero-order chi connectivity index (χ0) is 17.7. The molecule has 0 aliphatic carbocycles. The van der Waals surface area contributed by atoms with Crippen molar-refractivity contribution in [2.45, 2.75) is 6.54 Å². The van der Waals surface area contributed by atoms with Gasteiger partial charge in [-0.1, -0.05) is 6.07 Å². The molecule has 0 spiro atoms. The molecule has 0 aromatic heterocycles. The number of anilines is 1. The molecule has 0 aliphatic heterocycles. The standard InChI is InChI=1S/C16H15FN2O5/c1-23-15-6-3-10(7-12(15)16(20)24-2)9-18-14-5-4-11(19(21)22)8-13(14)17/h3-8,18H,9H2,1-2H3. The molecule has 2 aromatic carbocycles. The summed E-state index contributed by atoms with van der Waals surface area (Å²) in [5.41, 5.74) is 0.740. The van der Waals surface area contributed by atoms with Gasteiger partial charge in [-0.3, -0.25) is 10.1 Å². The van der Waals surface area contributed by atoms with E-state index in [4.69, 9.17) is 4.74 Å². The van der Waals surface area contributed by atoms with Crippen LogP contribution in [0.5, 0.6) is 5.75 Å². The Bertz CT molecular complexity index is 779. The van der Waals surface area contributed by atoms with Crippen molar-refractivity contribution in [1.82, 2.24) is 0 Å². The van der Waals surface area contributed by atoms with Crippen molar-refractivity contribution in [3.63, 3.8) is 0 Å². The molecule has 1 N–H and O–H groups in total. The summed E-state index contributed by atoms with van der Waals surface area (Å²) in [5, 5.41) is 13.4. The van der Waals surface area contributed by atoms with E-state index in [0.717, 1.165) is 6.07 Å². The third kappa shape index (κ3) is 3.78. The number of benzene rings is 2. The molecule has 0 radical (unpaired) electrons. The topological polar surface area (TPSA) is 90.7 Å². The Morgan fingerprint density at radius 2 is 2.00 bits per heavy atom. The monoisotopic (exact) mass is 334 g/mol. The summed E-state index contributed by atoms with van der Waals surface area (Å²) in [6, 6.07) is 8.23. The lowest BCUT2D eigenvalue weighted by Gasteiger charge is -2.11. The highest BCUT2D eigenvalue weighted by molar-refractivity contribution is 5.92. The predicted molar refractivity (Wildman–Crippen MR) is 84.7 cm³/mol. The fourth-order valence-corrected chi connectivity index (χ4v) is 2.09. The molecule has 0 amide bonds. The van der Waals surface area contributed by atoms with Crippen LogP contribution < -0.4 is 10.1 Å². The third-order valence-corrected chi connectivity index (χ3v) is 3.32. The van der Waals surface area contributed by atoms with E-state index in [2.05, 4.69) is 10.1 Å². The van der Waals surface area contributed by atoms with Gasteiger partial charge in [0.05, 0.1) is 30.9 Å². The zero-order valence-electron chi connectivity index (χ0n) is 13.0. The summed E-state index contributed by atoms with van der Waals surface area (Å²) in [5.74, 6) is -0.909. The molecule has 0 bridgehead atoms. The molecule has 0 heterocycles. The highest BCUT2D eigenvalue weighted by Crippen LogP contribution is 2.23. The Hall–Kier alpha value is -3.16. The van der Waals surface area contributed by atoms with Crippen molar-refractivity contribution in [3.05, 3.63) is 63.5 Å². The van der Waals surface area contributed by atoms with Crippen LogP contribution in [0.1, 0.15) is 15.9 Å². The minimum atomic E-state index is -0.731. The number of hydrogen-bond acceptors (Lipinski definition) is 6. The van der Waals surface area contributed by atoms with Crippen LogP contribution >= 0.6 is 0 Å². The van der Waals surface area contributed by atoms with E-state index in [-0.39, 0.29) is 23.5 Å². The molecule has 24 heavy (non-hydrogen) atoms. The molecule has 0 saturated carbocycles. The number of ether oxygens (including phenoxy) is 2. The number of carbonyl (C=O) groups is 1. The maximum Gasteiger partial charge on any atom is 0.341 e. The van der Waals surface area contributed by atoms with Gasteiger partial charge in [0.2, 0.25) is 0 Å². The summed E-state index contributed by atoms with van der Waals surface area (Å²) in [6.45, 7) is 0.211. The van der Waals surface area contributed by atoms with E-state index >= 15 is 0 Å². The number of methoxy groups -OCH3 is 2. The van der Waals surface area contributed by atoms with Crippen molar-refractivity contribution in [2.24, 2.45) is 0 Å². The van der Waals surface area contributed by atoms with Gasteiger partial charge in [-0.25, -0.2) is 9.18 Å². The van der Waals surface area contributed by atoms with E-state index in [1.165, 1.54) is 26.4 Å². The quantitative estimate of drug-likeness (QED) is 0.496. The van der Waals surface area contributed by atoms with E-state index in [0.29, 0.717) is 11.3 Å². The minimum absolute atomic E-state index is 0.121. The normalized spacial score (nSPS) is 10.1.